The molecule has 1 aliphatic rings. The van der Waals surface area contributed by atoms with Gasteiger partial charge in [-0.2, -0.15) is 4.31 Å². The second-order valence-electron chi connectivity index (χ2n) is 8.30. The predicted molar refractivity (Wildman–Crippen MR) is 126 cm³/mol. The van der Waals surface area contributed by atoms with Gasteiger partial charge in [-0.1, -0.05) is 37.6 Å². The van der Waals surface area contributed by atoms with Gasteiger partial charge in [-0.25, -0.2) is 8.42 Å². The number of morpholine rings is 1. The van der Waals surface area contributed by atoms with Crippen LogP contribution in [0, 0.1) is 0 Å². The third kappa shape index (κ3) is 5.60. The molecule has 0 atom stereocenters. The number of ether oxygens (including phenoxy) is 3. The summed E-state index contributed by atoms with van der Waals surface area (Å²) in [5.41, 5.74) is 0.615. The number of carbonyl (C=O) groups excluding carboxylic acids is 1. The van der Waals surface area contributed by atoms with Crippen LogP contribution in [-0.4, -0.2) is 65.7 Å². The number of hydrogen-bond donors (Lipinski definition) is 1. The molecule has 1 heterocycles. The first kappa shape index (κ1) is 25.3. The van der Waals surface area contributed by atoms with Crippen molar-refractivity contribution >= 4 is 27.5 Å². The van der Waals surface area contributed by atoms with Crippen LogP contribution < -0.4 is 14.8 Å². The molecule has 0 radical (unpaired) electrons. The molecule has 8 nitrogen and oxygen atoms in total. The summed E-state index contributed by atoms with van der Waals surface area (Å²) in [5.74, 6) is -0.151. The van der Waals surface area contributed by atoms with Crippen molar-refractivity contribution in [3.05, 3.63) is 52.5 Å². The van der Waals surface area contributed by atoms with E-state index in [4.69, 9.17) is 25.8 Å². The minimum Gasteiger partial charge on any atom is -0.493 e. The number of sulfonamides is 1. The van der Waals surface area contributed by atoms with Crippen LogP contribution in [0.3, 0.4) is 0 Å². The van der Waals surface area contributed by atoms with Crippen molar-refractivity contribution in [2.24, 2.45) is 0 Å². The number of hydrogen-bond acceptors (Lipinski definition) is 6. The van der Waals surface area contributed by atoms with Gasteiger partial charge in [0.05, 0.1) is 37.9 Å². The Labute approximate surface area is 199 Å². The van der Waals surface area contributed by atoms with Gasteiger partial charge in [0.25, 0.3) is 5.91 Å². The Kier molecular flexibility index (Phi) is 7.89. The zero-order valence-electron chi connectivity index (χ0n) is 19.2. The van der Waals surface area contributed by atoms with Crippen LogP contribution in [0.1, 0.15) is 29.8 Å². The lowest BCUT2D eigenvalue weighted by Crippen LogP contribution is -2.40. The molecular formula is C23H29ClN2O6S. The predicted octanol–water partition coefficient (Wildman–Crippen LogP) is 3.09. The topological polar surface area (TPSA) is 94.2 Å². The van der Waals surface area contributed by atoms with Crippen molar-refractivity contribution in [2.75, 3.05) is 47.1 Å². The van der Waals surface area contributed by atoms with Crippen LogP contribution in [0.25, 0.3) is 0 Å². The Morgan fingerprint density at radius 1 is 1.15 bits per heavy atom. The molecule has 10 heteroatoms. The van der Waals surface area contributed by atoms with Gasteiger partial charge in [0.2, 0.25) is 10.0 Å². The molecule has 0 bridgehead atoms. The summed E-state index contributed by atoms with van der Waals surface area (Å²) in [5, 5.41) is 3.51. The number of nitrogens with zero attached hydrogens (tertiary/aromatic N) is 1. The summed E-state index contributed by atoms with van der Waals surface area (Å²) in [7, 11) is -1.04. The average molecular weight is 497 g/mol. The van der Waals surface area contributed by atoms with Gasteiger partial charge in [0, 0.05) is 36.1 Å². The fourth-order valence-electron chi connectivity index (χ4n) is 3.60. The molecule has 3 rings (SSSR count). The fraction of sp³-hybridized carbons (Fsp3) is 0.435. The molecule has 0 unspecified atom stereocenters. The zero-order chi connectivity index (χ0) is 24.2. The Bertz CT molecular complexity index is 1110. The summed E-state index contributed by atoms with van der Waals surface area (Å²) < 4.78 is 43.7. The number of benzene rings is 2. The minimum absolute atomic E-state index is 0.0405. The standard InChI is InChI=1S/C23H29ClN2O6S/c1-23(2,16-6-5-7-17(24)12-16)15-25-22(27)19-13-18(14-20(30-3)21(19)31-4)33(28,29)26-8-10-32-11-9-26/h5-7,12-14H,8-11,15H2,1-4H3,(H,25,27). The highest BCUT2D eigenvalue weighted by atomic mass is 35.5. The summed E-state index contributed by atoms with van der Waals surface area (Å²) >= 11 is 6.12. The van der Waals surface area contributed by atoms with Crippen LogP contribution >= 0.6 is 11.6 Å². The summed E-state index contributed by atoms with van der Waals surface area (Å²) in [6, 6.07) is 10.1. The molecule has 1 fully saturated rings. The van der Waals surface area contributed by atoms with E-state index in [9.17, 15) is 13.2 Å². The van der Waals surface area contributed by atoms with Crippen LogP contribution in [0.5, 0.6) is 11.5 Å². The lowest BCUT2D eigenvalue weighted by molar-refractivity contribution is 0.0730. The first-order chi connectivity index (χ1) is 15.6. The lowest BCUT2D eigenvalue weighted by atomic mass is 9.84. The maximum Gasteiger partial charge on any atom is 0.255 e. The van der Waals surface area contributed by atoms with E-state index in [0.29, 0.717) is 18.2 Å². The first-order valence-electron chi connectivity index (χ1n) is 10.5. The largest absolute Gasteiger partial charge is 0.493 e. The monoisotopic (exact) mass is 496 g/mol. The fourth-order valence-corrected chi connectivity index (χ4v) is 5.24. The third-order valence-electron chi connectivity index (χ3n) is 5.60. The molecule has 33 heavy (non-hydrogen) atoms. The number of nitrogens with one attached hydrogen (secondary N) is 1. The van der Waals surface area contributed by atoms with E-state index in [0.717, 1.165) is 5.56 Å². The van der Waals surface area contributed by atoms with Crippen molar-refractivity contribution in [1.29, 1.82) is 0 Å². The molecule has 2 aromatic rings. The van der Waals surface area contributed by atoms with Crippen molar-refractivity contribution < 1.29 is 27.4 Å². The Morgan fingerprint density at radius 3 is 2.45 bits per heavy atom. The Morgan fingerprint density at radius 2 is 1.85 bits per heavy atom. The first-order valence-corrected chi connectivity index (χ1v) is 12.3. The third-order valence-corrected chi connectivity index (χ3v) is 7.71. The number of methoxy groups -OCH3 is 2. The summed E-state index contributed by atoms with van der Waals surface area (Å²) in [6.07, 6.45) is 0. The van der Waals surface area contributed by atoms with Crippen LogP contribution in [0.4, 0.5) is 0 Å². The maximum absolute atomic E-state index is 13.2. The van der Waals surface area contributed by atoms with Gasteiger partial charge in [-0.15, -0.1) is 0 Å². The molecule has 1 N–H and O–H groups in total. The molecule has 0 aliphatic carbocycles. The molecule has 1 saturated heterocycles. The number of carbonyl (C=O) groups is 1. The van der Waals surface area contributed by atoms with Crippen LogP contribution in [0.15, 0.2) is 41.3 Å². The molecule has 180 valence electrons. The maximum atomic E-state index is 13.2. The number of amides is 1. The van der Waals surface area contributed by atoms with E-state index in [1.165, 1.54) is 30.7 Å². The number of rotatable bonds is 8. The quantitative estimate of drug-likeness (QED) is 0.603. The lowest BCUT2D eigenvalue weighted by Gasteiger charge is -2.27. The smallest absolute Gasteiger partial charge is 0.255 e. The molecule has 0 aromatic heterocycles. The van der Waals surface area contributed by atoms with Gasteiger partial charge >= 0.3 is 0 Å². The highest BCUT2D eigenvalue weighted by Gasteiger charge is 2.30. The van der Waals surface area contributed by atoms with E-state index < -0.39 is 21.3 Å². The van der Waals surface area contributed by atoms with Crippen molar-refractivity contribution in [3.63, 3.8) is 0 Å². The Hall–Kier alpha value is -2.33. The van der Waals surface area contributed by atoms with E-state index in [1.54, 1.807) is 6.07 Å². The molecule has 1 amide bonds. The van der Waals surface area contributed by atoms with Crippen LogP contribution in [-0.2, 0) is 20.2 Å². The van der Waals surface area contributed by atoms with Gasteiger partial charge < -0.3 is 19.5 Å². The van der Waals surface area contributed by atoms with Gasteiger partial charge in [0.1, 0.15) is 0 Å². The molecule has 0 spiro atoms. The molecule has 0 saturated carbocycles. The van der Waals surface area contributed by atoms with E-state index in [-0.39, 0.29) is 41.6 Å². The van der Waals surface area contributed by atoms with E-state index in [1.807, 2.05) is 32.0 Å². The van der Waals surface area contributed by atoms with Gasteiger partial charge in [0.15, 0.2) is 11.5 Å². The normalized spacial score (nSPS) is 15.2. The van der Waals surface area contributed by atoms with E-state index >= 15 is 0 Å². The van der Waals surface area contributed by atoms with Crippen molar-refractivity contribution in [1.82, 2.24) is 9.62 Å². The van der Waals surface area contributed by atoms with Gasteiger partial charge in [-0.3, -0.25) is 4.79 Å². The van der Waals surface area contributed by atoms with Gasteiger partial charge in [-0.05, 0) is 23.8 Å². The summed E-state index contributed by atoms with van der Waals surface area (Å²) in [6.45, 7) is 5.37. The van der Waals surface area contributed by atoms with Crippen molar-refractivity contribution in [3.8, 4) is 11.5 Å². The highest BCUT2D eigenvalue weighted by molar-refractivity contribution is 7.89. The molecular weight excluding hydrogens is 468 g/mol. The molecule has 2 aromatic carbocycles. The van der Waals surface area contributed by atoms with Crippen molar-refractivity contribution in [2.45, 2.75) is 24.2 Å². The second kappa shape index (κ2) is 10.3. The summed E-state index contributed by atoms with van der Waals surface area (Å²) in [4.78, 5) is 13.2. The number of halogens is 1. The minimum atomic E-state index is -3.84. The van der Waals surface area contributed by atoms with E-state index in [2.05, 4.69) is 5.32 Å². The SMILES string of the molecule is COc1cc(S(=O)(=O)N2CCOCC2)cc(C(=O)NCC(C)(C)c2cccc(Cl)c2)c1OC. The second-order valence-corrected chi connectivity index (χ2v) is 10.7. The highest BCUT2D eigenvalue weighted by Crippen LogP contribution is 2.35. The Balaban J connectivity index is 1.92. The average Bonchev–Trinajstić information content (AvgIpc) is 2.82. The molecule has 1 aliphatic heterocycles. The zero-order valence-corrected chi connectivity index (χ0v) is 20.8. The van der Waals surface area contributed by atoms with Crippen LogP contribution in [0.2, 0.25) is 5.02 Å².